The van der Waals surface area contributed by atoms with Gasteiger partial charge in [0.05, 0.1) is 26.3 Å². The van der Waals surface area contributed by atoms with Crippen molar-refractivity contribution in [2.24, 2.45) is 0 Å². The standard InChI is InChI=1S/C25H22ClNO5/c1-30-21-10-16(11-22(31-2)25(21)32-14-15-6-4-3-5-7-15)24-19(13-23(28)29)18-12-17(26)8-9-20(18)27-24/h3-12,27H,13-14H2,1-2H3,(H,28,29). The third kappa shape index (κ3) is 4.36. The fourth-order valence-electron chi connectivity index (χ4n) is 3.70. The first kappa shape index (κ1) is 21.6. The molecular weight excluding hydrogens is 430 g/mol. The van der Waals surface area contributed by atoms with E-state index in [-0.39, 0.29) is 6.42 Å². The number of hydrogen-bond acceptors (Lipinski definition) is 4. The highest BCUT2D eigenvalue weighted by Gasteiger charge is 2.21. The quantitative estimate of drug-likeness (QED) is 0.358. The second kappa shape index (κ2) is 9.24. The maximum atomic E-state index is 11.6. The van der Waals surface area contributed by atoms with Gasteiger partial charge in [0.15, 0.2) is 11.5 Å². The molecule has 0 saturated carbocycles. The molecule has 0 fully saturated rings. The Bertz CT molecular complexity index is 1240. The number of aliphatic carboxylic acids is 1. The Morgan fingerprint density at radius 3 is 2.31 bits per heavy atom. The van der Waals surface area contributed by atoms with Crippen molar-refractivity contribution < 1.29 is 24.1 Å². The summed E-state index contributed by atoms with van der Waals surface area (Å²) in [6.07, 6.45) is -0.160. The maximum Gasteiger partial charge on any atom is 0.307 e. The van der Waals surface area contributed by atoms with Gasteiger partial charge in [-0.1, -0.05) is 41.9 Å². The van der Waals surface area contributed by atoms with Gasteiger partial charge < -0.3 is 24.3 Å². The number of nitrogens with one attached hydrogen (secondary N) is 1. The summed E-state index contributed by atoms with van der Waals surface area (Å²) >= 11 is 6.17. The highest BCUT2D eigenvalue weighted by molar-refractivity contribution is 6.31. The molecule has 2 N–H and O–H groups in total. The highest BCUT2D eigenvalue weighted by Crippen LogP contribution is 2.43. The lowest BCUT2D eigenvalue weighted by Crippen LogP contribution is -2.02. The zero-order chi connectivity index (χ0) is 22.7. The Labute approximate surface area is 190 Å². The number of H-pyrrole nitrogens is 1. The van der Waals surface area contributed by atoms with Crippen LogP contribution in [-0.2, 0) is 17.8 Å². The number of benzene rings is 3. The molecule has 164 valence electrons. The Morgan fingerprint density at radius 1 is 1.00 bits per heavy atom. The molecule has 3 aromatic carbocycles. The zero-order valence-corrected chi connectivity index (χ0v) is 18.4. The Balaban J connectivity index is 1.80. The van der Waals surface area contributed by atoms with Gasteiger partial charge >= 0.3 is 5.97 Å². The van der Waals surface area contributed by atoms with Gasteiger partial charge in [0.2, 0.25) is 5.75 Å². The van der Waals surface area contributed by atoms with Gasteiger partial charge in [0, 0.05) is 21.5 Å². The first-order valence-electron chi connectivity index (χ1n) is 9.95. The van der Waals surface area contributed by atoms with E-state index in [0.717, 1.165) is 16.5 Å². The van der Waals surface area contributed by atoms with E-state index in [1.165, 1.54) is 0 Å². The normalized spacial score (nSPS) is 10.8. The predicted molar refractivity (Wildman–Crippen MR) is 124 cm³/mol. The van der Waals surface area contributed by atoms with E-state index in [4.69, 9.17) is 25.8 Å². The van der Waals surface area contributed by atoms with E-state index in [2.05, 4.69) is 4.98 Å². The number of carbonyl (C=O) groups is 1. The molecule has 7 heteroatoms. The van der Waals surface area contributed by atoms with Crippen molar-refractivity contribution >= 4 is 28.5 Å². The number of halogens is 1. The fraction of sp³-hybridized carbons (Fsp3) is 0.160. The SMILES string of the molecule is COc1cc(-c2[nH]c3ccc(Cl)cc3c2CC(=O)O)cc(OC)c1OCc1ccccc1. The number of hydrogen-bond donors (Lipinski definition) is 2. The lowest BCUT2D eigenvalue weighted by atomic mass is 10.0. The molecule has 4 aromatic rings. The Morgan fingerprint density at radius 2 is 1.69 bits per heavy atom. The van der Waals surface area contributed by atoms with E-state index < -0.39 is 5.97 Å². The van der Waals surface area contributed by atoms with Gasteiger partial charge in [-0.3, -0.25) is 4.79 Å². The van der Waals surface area contributed by atoms with Crippen molar-refractivity contribution in [3.8, 4) is 28.5 Å². The summed E-state index contributed by atoms with van der Waals surface area (Å²) in [5.74, 6) is 0.497. The van der Waals surface area contributed by atoms with Crippen molar-refractivity contribution in [3.63, 3.8) is 0 Å². The smallest absolute Gasteiger partial charge is 0.307 e. The van der Waals surface area contributed by atoms with Crippen LogP contribution in [0.4, 0.5) is 0 Å². The minimum absolute atomic E-state index is 0.160. The first-order valence-corrected chi connectivity index (χ1v) is 10.3. The van der Waals surface area contributed by atoms with Gasteiger partial charge in [-0.15, -0.1) is 0 Å². The van der Waals surface area contributed by atoms with Crippen molar-refractivity contribution in [3.05, 3.63) is 76.8 Å². The molecular formula is C25H22ClNO5. The van der Waals surface area contributed by atoms with Crippen LogP contribution in [0, 0.1) is 0 Å². The van der Waals surface area contributed by atoms with E-state index >= 15 is 0 Å². The molecule has 1 aromatic heterocycles. The number of fused-ring (bicyclic) bond motifs is 1. The number of methoxy groups -OCH3 is 2. The maximum absolute atomic E-state index is 11.6. The monoisotopic (exact) mass is 451 g/mol. The van der Waals surface area contributed by atoms with Gasteiger partial charge in [-0.2, -0.15) is 0 Å². The summed E-state index contributed by atoms with van der Waals surface area (Å²) < 4.78 is 17.2. The van der Waals surface area contributed by atoms with Gasteiger partial charge in [-0.05, 0) is 41.5 Å². The molecule has 0 atom stereocenters. The Kier molecular flexibility index (Phi) is 6.23. The van der Waals surface area contributed by atoms with Gasteiger partial charge in [-0.25, -0.2) is 0 Å². The van der Waals surface area contributed by atoms with Crippen molar-refractivity contribution in [1.29, 1.82) is 0 Å². The topological polar surface area (TPSA) is 80.8 Å². The van der Waals surface area contributed by atoms with Crippen molar-refractivity contribution in [2.75, 3.05) is 14.2 Å². The average molecular weight is 452 g/mol. The minimum atomic E-state index is -0.936. The molecule has 0 spiro atoms. The van der Waals surface area contributed by atoms with E-state index in [1.54, 1.807) is 38.5 Å². The third-order valence-electron chi connectivity index (χ3n) is 5.17. The molecule has 4 rings (SSSR count). The molecule has 0 unspecified atom stereocenters. The van der Waals surface area contributed by atoms with Crippen LogP contribution in [-0.4, -0.2) is 30.3 Å². The van der Waals surface area contributed by atoms with Crippen molar-refractivity contribution in [2.45, 2.75) is 13.0 Å². The number of ether oxygens (including phenoxy) is 3. The lowest BCUT2D eigenvalue weighted by molar-refractivity contribution is -0.136. The summed E-state index contributed by atoms with van der Waals surface area (Å²) in [5.41, 5.74) is 3.82. The molecule has 0 bridgehead atoms. The highest BCUT2D eigenvalue weighted by atomic mass is 35.5. The van der Waals surface area contributed by atoms with E-state index in [1.807, 2.05) is 36.4 Å². The van der Waals surface area contributed by atoms with Crippen LogP contribution in [0.2, 0.25) is 5.02 Å². The van der Waals surface area contributed by atoms with Crippen LogP contribution in [0.25, 0.3) is 22.2 Å². The summed E-state index contributed by atoms with van der Waals surface area (Å²) in [6.45, 7) is 0.349. The summed E-state index contributed by atoms with van der Waals surface area (Å²) in [4.78, 5) is 14.9. The number of aromatic amines is 1. The molecule has 0 saturated heterocycles. The van der Waals surface area contributed by atoms with Crippen molar-refractivity contribution in [1.82, 2.24) is 4.98 Å². The number of aromatic nitrogens is 1. The van der Waals surface area contributed by atoms with Crippen LogP contribution in [0.1, 0.15) is 11.1 Å². The molecule has 32 heavy (non-hydrogen) atoms. The zero-order valence-electron chi connectivity index (χ0n) is 17.6. The molecule has 1 heterocycles. The van der Waals surface area contributed by atoms with Crippen LogP contribution in [0.3, 0.4) is 0 Å². The number of carboxylic acids is 1. The summed E-state index contributed by atoms with van der Waals surface area (Å²) in [6, 6.07) is 18.8. The summed E-state index contributed by atoms with van der Waals surface area (Å²) in [5, 5.41) is 10.8. The van der Waals surface area contributed by atoms with Crippen LogP contribution >= 0.6 is 11.6 Å². The first-order chi connectivity index (χ1) is 15.5. The summed E-state index contributed by atoms with van der Waals surface area (Å²) in [7, 11) is 3.11. The van der Waals surface area contributed by atoms with E-state index in [9.17, 15) is 9.90 Å². The van der Waals surface area contributed by atoms with Gasteiger partial charge in [0.1, 0.15) is 6.61 Å². The molecule has 0 amide bonds. The largest absolute Gasteiger partial charge is 0.493 e. The van der Waals surface area contributed by atoms with Crippen LogP contribution in [0.15, 0.2) is 60.7 Å². The molecule has 0 aliphatic carbocycles. The molecule has 6 nitrogen and oxygen atoms in total. The predicted octanol–water partition coefficient (Wildman–Crippen LogP) is 5.71. The van der Waals surface area contributed by atoms with Crippen LogP contribution in [0.5, 0.6) is 17.2 Å². The average Bonchev–Trinajstić information content (AvgIpc) is 3.14. The second-order valence-corrected chi connectivity index (χ2v) is 7.66. The second-order valence-electron chi connectivity index (χ2n) is 7.22. The number of carboxylic acid groups (broad SMARTS) is 1. The number of rotatable bonds is 8. The molecule has 0 aliphatic heterocycles. The third-order valence-corrected chi connectivity index (χ3v) is 5.41. The molecule has 0 radical (unpaired) electrons. The Hall–Kier alpha value is -3.64. The molecule has 0 aliphatic rings. The van der Waals surface area contributed by atoms with E-state index in [0.29, 0.717) is 45.7 Å². The minimum Gasteiger partial charge on any atom is -0.493 e. The van der Waals surface area contributed by atoms with Gasteiger partial charge in [0.25, 0.3) is 0 Å². The lowest BCUT2D eigenvalue weighted by Gasteiger charge is -2.16. The van der Waals surface area contributed by atoms with Crippen LogP contribution < -0.4 is 14.2 Å². The fourth-order valence-corrected chi connectivity index (χ4v) is 3.87.